The SMILES string of the molecule is COC(=O)C(C)N1CCC2(CC1)CC(=O)N(CC=Cc1ccccc1)C2. The summed E-state index contributed by atoms with van der Waals surface area (Å²) in [5.41, 5.74) is 1.23. The smallest absolute Gasteiger partial charge is 0.322 e. The van der Waals surface area contributed by atoms with Crippen molar-refractivity contribution in [3.8, 4) is 0 Å². The van der Waals surface area contributed by atoms with Gasteiger partial charge in [0.1, 0.15) is 6.04 Å². The molecule has 5 heteroatoms. The Morgan fingerprint density at radius 3 is 2.62 bits per heavy atom. The van der Waals surface area contributed by atoms with Gasteiger partial charge in [0.2, 0.25) is 5.91 Å². The maximum Gasteiger partial charge on any atom is 0.322 e. The van der Waals surface area contributed by atoms with Gasteiger partial charge in [-0.2, -0.15) is 0 Å². The zero-order valence-electron chi connectivity index (χ0n) is 15.7. The van der Waals surface area contributed by atoms with E-state index in [-0.39, 0.29) is 23.3 Å². The van der Waals surface area contributed by atoms with Crippen LogP contribution in [0.1, 0.15) is 31.7 Å². The number of carbonyl (C=O) groups is 2. The zero-order valence-corrected chi connectivity index (χ0v) is 15.7. The van der Waals surface area contributed by atoms with E-state index < -0.39 is 0 Å². The van der Waals surface area contributed by atoms with Crippen molar-refractivity contribution in [2.75, 3.05) is 33.3 Å². The van der Waals surface area contributed by atoms with Gasteiger partial charge in [-0.25, -0.2) is 0 Å². The molecule has 2 aliphatic heterocycles. The standard InChI is InChI=1S/C21H28N2O3/c1-17(20(25)26-2)22-13-10-21(11-14-22)15-19(24)23(16-21)12-6-9-18-7-4-3-5-8-18/h3-9,17H,10-16H2,1-2H3. The second-order valence-corrected chi connectivity index (χ2v) is 7.50. The fraction of sp³-hybridized carbons (Fsp3) is 0.524. The quantitative estimate of drug-likeness (QED) is 0.761. The molecular weight excluding hydrogens is 328 g/mol. The lowest BCUT2D eigenvalue weighted by Crippen LogP contribution is -2.48. The third kappa shape index (κ3) is 4.15. The number of amides is 1. The molecule has 140 valence electrons. The number of ether oxygens (including phenoxy) is 1. The topological polar surface area (TPSA) is 49.9 Å². The van der Waals surface area contributed by atoms with Crippen molar-refractivity contribution in [1.29, 1.82) is 0 Å². The van der Waals surface area contributed by atoms with Crippen LogP contribution in [0.4, 0.5) is 0 Å². The van der Waals surface area contributed by atoms with Gasteiger partial charge >= 0.3 is 5.97 Å². The van der Waals surface area contributed by atoms with Crippen molar-refractivity contribution in [2.24, 2.45) is 5.41 Å². The molecule has 26 heavy (non-hydrogen) atoms. The lowest BCUT2D eigenvalue weighted by Gasteiger charge is -2.40. The minimum atomic E-state index is -0.209. The Balaban J connectivity index is 1.53. The molecular formula is C21H28N2O3. The minimum absolute atomic E-state index is 0.0734. The van der Waals surface area contributed by atoms with Crippen molar-refractivity contribution >= 4 is 18.0 Å². The van der Waals surface area contributed by atoms with Crippen LogP contribution in [0.5, 0.6) is 0 Å². The van der Waals surface area contributed by atoms with E-state index in [2.05, 4.69) is 29.2 Å². The average Bonchev–Trinajstić information content (AvgIpc) is 2.97. The number of likely N-dealkylation sites (tertiary alicyclic amines) is 2. The Labute approximate surface area is 155 Å². The summed E-state index contributed by atoms with van der Waals surface area (Å²) in [6, 6.07) is 9.93. The van der Waals surface area contributed by atoms with Crippen molar-refractivity contribution in [3.05, 3.63) is 42.0 Å². The number of nitrogens with zero attached hydrogens (tertiary/aromatic N) is 2. The van der Waals surface area contributed by atoms with Crippen LogP contribution in [-0.4, -0.2) is 61.0 Å². The van der Waals surface area contributed by atoms with E-state index in [1.807, 2.05) is 30.0 Å². The molecule has 1 unspecified atom stereocenters. The van der Waals surface area contributed by atoms with Gasteiger partial charge in [-0.3, -0.25) is 14.5 Å². The maximum atomic E-state index is 12.5. The summed E-state index contributed by atoms with van der Waals surface area (Å²) in [4.78, 5) is 28.3. The molecule has 2 saturated heterocycles. The van der Waals surface area contributed by atoms with E-state index in [1.165, 1.54) is 7.11 Å². The van der Waals surface area contributed by atoms with E-state index in [9.17, 15) is 9.59 Å². The van der Waals surface area contributed by atoms with Gasteiger partial charge < -0.3 is 9.64 Å². The highest BCUT2D eigenvalue weighted by Gasteiger charge is 2.45. The molecule has 2 heterocycles. The second-order valence-electron chi connectivity index (χ2n) is 7.50. The van der Waals surface area contributed by atoms with E-state index in [0.717, 1.165) is 38.0 Å². The Hall–Kier alpha value is -2.14. The van der Waals surface area contributed by atoms with Crippen molar-refractivity contribution < 1.29 is 14.3 Å². The fourth-order valence-corrected chi connectivity index (χ4v) is 4.07. The summed E-state index contributed by atoms with van der Waals surface area (Å²) in [5, 5.41) is 0. The van der Waals surface area contributed by atoms with Gasteiger partial charge in [0.25, 0.3) is 0 Å². The highest BCUT2D eigenvalue weighted by molar-refractivity contribution is 5.80. The first-order valence-corrected chi connectivity index (χ1v) is 9.34. The zero-order chi connectivity index (χ0) is 18.6. The van der Waals surface area contributed by atoms with Crippen LogP contribution < -0.4 is 0 Å². The number of esters is 1. The maximum absolute atomic E-state index is 12.5. The van der Waals surface area contributed by atoms with Gasteiger partial charge in [-0.05, 0) is 43.8 Å². The van der Waals surface area contributed by atoms with Crippen LogP contribution in [0.2, 0.25) is 0 Å². The molecule has 1 amide bonds. The predicted molar refractivity (Wildman–Crippen MR) is 101 cm³/mol. The summed E-state index contributed by atoms with van der Waals surface area (Å²) >= 11 is 0. The predicted octanol–water partition coefficient (Wildman–Crippen LogP) is 2.58. The fourth-order valence-electron chi connectivity index (χ4n) is 4.07. The van der Waals surface area contributed by atoms with Gasteiger partial charge in [-0.15, -0.1) is 0 Å². The van der Waals surface area contributed by atoms with E-state index >= 15 is 0 Å². The highest BCUT2D eigenvalue weighted by atomic mass is 16.5. The Morgan fingerprint density at radius 2 is 1.96 bits per heavy atom. The van der Waals surface area contributed by atoms with Gasteiger partial charge in [0.05, 0.1) is 7.11 Å². The molecule has 0 bridgehead atoms. The van der Waals surface area contributed by atoms with Crippen LogP contribution in [-0.2, 0) is 14.3 Å². The number of methoxy groups -OCH3 is 1. The summed E-state index contributed by atoms with van der Waals surface area (Å²) in [6.07, 6.45) is 6.68. The second kappa shape index (κ2) is 8.04. The van der Waals surface area contributed by atoms with Gasteiger partial charge in [-0.1, -0.05) is 42.5 Å². The Kier molecular flexibility index (Phi) is 5.77. The third-order valence-corrected chi connectivity index (χ3v) is 5.79. The molecule has 1 spiro atoms. The number of piperidine rings is 1. The number of hydrogen-bond donors (Lipinski definition) is 0. The monoisotopic (exact) mass is 356 g/mol. The number of benzene rings is 1. The van der Waals surface area contributed by atoms with Crippen molar-refractivity contribution in [2.45, 2.75) is 32.2 Å². The summed E-state index contributed by atoms with van der Waals surface area (Å²) in [6.45, 7) is 5.07. The molecule has 3 rings (SSSR count). The molecule has 1 atom stereocenters. The van der Waals surface area contributed by atoms with Crippen molar-refractivity contribution in [1.82, 2.24) is 9.80 Å². The van der Waals surface area contributed by atoms with Crippen LogP contribution in [0, 0.1) is 5.41 Å². The molecule has 0 N–H and O–H groups in total. The first-order valence-electron chi connectivity index (χ1n) is 9.34. The number of rotatable bonds is 5. The van der Waals surface area contributed by atoms with Crippen LogP contribution in [0.3, 0.4) is 0 Å². The molecule has 2 aliphatic rings. The first kappa shape index (κ1) is 18.6. The molecule has 1 aromatic rings. The average molecular weight is 356 g/mol. The summed E-state index contributed by atoms with van der Waals surface area (Å²) < 4.78 is 4.85. The molecule has 0 aliphatic carbocycles. The summed E-state index contributed by atoms with van der Waals surface area (Å²) in [7, 11) is 1.43. The van der Waals surface area contributed by atoms with E-state index in [4.69, 9.17) is 4.74 Å². The largest absolute Gasteiger partial charge is 0.468 e. The molecule has 0 aromatic heterocycles. The lowest BCUT2D eigenvalue weighted by atomic mass is 9.77. The minimum Gasteiger partial charge on any atom is -0.468 e. The molecule has 1 aromatic carbocycles. The Bertz CT molecular complexity index is 663. The van der Waals surface area contributed by atoms with Crippen molar-refractivity contribution in [3.63, 3.8) is 0 Å². The molecule has 0 saturated carbocycles. The third-order valence-electron chi connectivity index (χ3n) is 5.79. The molecule has 0 radical (unpaired) electrons. The van der Waals surface area contributed by atoms with Crippen LogP contribution in [0.25, 0.3) is 6.08 Å². The first-order chi connectivity index (χ1) is 12.5. The normalized spacial score (nSPS) is 21.5. The molecule has 2 fully saturated rings. The van der Waals surface area contributed by atoms with Gasteiger partial charge in [0, 0.05) is 19.5 Å². The highest BCUT2D eigenvalue weighted by Crippen LogP contribution is 2.41. The van der Waals surface area contributed by atoms with E-state index in [1.54, 1.807) is 0 Å². The number of carbonyl (C=O) groups excluding carboxylic acids is 2. The lowest BCUT2D eigenvalue weighted by molar-refractivity contribution is -0.147. The van der Waals surface area contributed by atoms with E-state index in [0.29, 0.717) is 13.0 Å². The summed E-state index contributed by atoms with van der Waals surface area (Å²) in [5.74, 6) is 0.0632. The number of hydrogen-bond acceptors (Lipinski definition) is 4. The van der Waals surface area contributed by atoms with Crippen LogP contribution in [0.15, 0.2) is 36.4 Å². The van der Waals surface area contributed by atoms with Crippen LogP contribution >= 0.6 is 0 Å². The Morgan fingerprint density at radius 1 is 1.27 bits per heavy atom. The van der Waals surface area contributed by atoms with Gasteiger partial charge in [0.15, 0.2) is 0 Å². The molecule has 5 nitrogen and oxygen atoms in total.